The van der Waals surface area contributed by atoms with Gasteiger partial charge in [0.05, 0.1) is 11.5 Å². The van der Waals surface area contributed by atoms with E-state index in [0.717, 1.165) is 12.8 Å². The average molecular weight is 302 g/mol. The molecule has 0 saturated heterocycles. The Morgan fingerprint density at radius 1 is 1.33 bits per heavy atom. The standard InChI is InChI=1S/C15H14N2O3S/c16-9-13-15(21(18,19)12-4-1-2-5-12)8-11(10-17-13)14-6-3-7-20-14/h3,6-8,10,12H,1-2,4-5H2. The number of pyridine rings is 1. The van der Waals surface area contributed by atoms with Gasteiger partial charge in [-0.3, -0.25) is 0 Å². The minimum atomic E-state index is -3.52. The molecule has 2 heterocycles. The molecule has 0 aromatic carbocycles. The molecule has 0 spiro atoms. The van der Waals surface area contributed by atoms with Crippen molar-refractivity contribution in [2.75, 3.05) is 0 Å². The van der Waals surface area contributed by atoms with Crippen LogP contribution in [0.5, 0.6) is 0 Å². The fourth-order valence-corrected chi connectivity index (χ4v) is 4.67. The summed E-state index contributed by atoms with van der Waals surface area (Å²) in [6.45, 7) is 0. The first-order valence-electron chi connectivity index (χ1n) is 6.81. The van der Waals surface area contributed by atoms with Gasteiger partial charge in [0.15, 0.2) is 15.5 Å². The third-order valence-corrected chi connectivity index (χ3v) is 6.09. The highest BCUT2D eigenvalue weighted by Crippen LogP contribution is 2.32. The van der Waals surface area contributed by atoms with Crippen LogP contribution in [0, 0.1) is 11.3 Å². The lowest BCUT2D eigenvalue weighted by atomic mass is 10.2. The molecule has 0 unspecified atom stereocenters. The summed E-state index contributed by atoms with van der Waals surface area (Å²) in [4.78, 5) is 4.01. The largest absolute Gasteiger partial charge is 0.464 e. The lowest BCUT2D eigenvalue weighted by molar-refractivity contribution is 0.577. The van der Waals surface area contributed by atoms with Crippen molar-refractivity contribution in [2.45, 2.75) is 35.8 Å². The van der Waals surface area contributed by atoms with Crippen LogP contribution in [-0.2, 0) is 9.84 Å². The van der Waals surface area contributed by atoms with Crippen molar-refractivity contribution in [3.63, 3.8) is 0 Å². The van der Waals surface area contributed by atoms with Crippen LogP contribution in [0.1, 0.15) is 31.4 Å². The van der Waals surface area contributed by atoms with Gasteiger partial charge >= 0.3 is 0 Å². The fraction of sp³-hybridized carbons (Fsp3) is 0.333. The van der Waals surface area contributed by atoms with E-state index in [9.17, 15) is 8.42 Å². The Labute approximate surface area is 123 Å². The summed E-state index contributed by atoms with van der Waals surface area (Å²) >= 11 is 0. The predicted octanol–water partition coefficient (Wildman–Crippen LogP) is 2.93. The Kier molecular flexibility index (Phi) is 3.52. The van der Waals surface area contributed by atoms with E-state index in [-0.39, 0.29) is 10.6 Å². The van der Waals surface area contributed by atoms with Crippen LogP contribution >= 0.6 is 0 Å². The maximum atomic E-state index is 12.7. The Morgan fingerprint density at radius 2 is 2.10 bits per heavy atom. The van der Waals surface area contributed by atoms with Crippen LogP contribution in [0.3, 0.4) is 0 Å². The minimum absolute atomic E-state index is 0.0193. The highest BCUT2D eigenvalue weighted by molar-refractivity contribution is 7.92. The van der Waals surface area contributed by atoms with Crippen LogP contribution in [-0.4, -0.2) is 18.7 Å². The lowest BCUT2D eigenvalue weighted by Crippen LogP contribution is -2.19. The van der Waals surface area contributed by atoms with Crippen molar-refractivity contribution in [1.29, 1.82) is 5.26 Å². The number of nitriles is 1. The molecule has 0 aliphatic heterocycles. The number of hydrogen-bond donors (Lipinski definition) is 0. The zero-order valence-corrected chi connectivity index (χ0v) is 12.1. The van der Waals surface area contributed by atoms with E-state index in [1.165, 1.54) is 18.5 Å². The molecule has 0 bridgehead atoms. The van der Waals surface area contributed by atoms with Crippen molar-refractivity contribution in [1.82, 2.24) is 4.98 Å². The summed E-state index contributed by atoms with van der Waals surface area (Å²) in [6, 6.07) is 6.83. The normalized spacial score (nSPS) is 16.0. The van der Waals surface area contributed by atoms with Crippen LogP contribution in [0.4, 0.5) is 0 Å². The smallest absolute Gasteiger partial charge is 0.184 e. The molecule has 5 nitrogen and oxygen atoms in total. The average Bonchev–Trinajstić information content (AvgIpc) is 3.19. The van der Waals surface area contributed by atoms with Gasteiger partial charge in [-0.05, 0) is 31.0 Å². The first-order chi connectivity index (χ1) is 10.1. The summed E-state index contributed by atoms with van der Waals surface area (Å²) in [7, 11) is -3.52. The molecule has 1 fully saturated rings. The lowest BCUT2D eigenvalue weighted by Gasteiger charge is -2.12. The SMILES string of the molecule is N#Cc1ncc(-c2ccco2)cc1S(=O)(=O)C1CCCC1. The zero-order chi connectivity index (χ0) is 14.9. The molecule has 0 radical (unpaired) electrons. The van der Waals surface area contributed by atoms with Crippen molar-refractivity contribution in [2.24, 2.45) is 0 Å². The number of aromatic nitrogens is 1. The molecule has 21 heavy (non-hydrogen) atoms. The molecule has 0 N–H and O–H groups in total. The van der Waals surface area contributed by atoms with E-state index in [1.807, 2.05) is 6.07 Å². The van der Waals surface area contributed by atoms with E-state index in [4.69, 9.17) is 9.68 Å². The second kappa shape index (κ2) is 5.34. The molecule has 1 saturated carbocycles. The van der Waals surface area contributed by atoms with Gasteiger partial charge in [-0.1, -0.05) is 12.8 Å². The first kappa shape index (κ1) is 13.8. The maximum absolute atomic E-state index is 12.7. The van der Waals surface area contributed by atoms with Gasteiger partial charge in [-0.15, -0.1) is 0 Å². The van der Waals surface area contributed by atoms with Gasteiger partial charge in [0.1, 0.15) is 16.7 Å². The molecule has 1 aliphatic carbocycles. The minimum Gasteiger partial charge on any atom is -0.464 e. The van der Waals surface area contributed by atoms with Crippen LogP contribution in [0.2, 0.25) is 0 Å². The molecule has 3 rings (SSSR count). The van der Waals surface area contributed by atoms with Gasteiger partial charge in [-0.25, -0.2) is 13.4 Å². The van der Waals surface area contributed by atoms with E-state index >= 15 is 0 Å². The topological polar surface area (TPSA) is 84.0 Å². The summed E-state index contributed by atoms with van der Waals surface area (Å²) < 4.78 is 30.7. The highest BCUT2D eigenvalue weighted by atomic mass is 32.2. The number of furan rings is 1. The van der Waals surface area contributed by atoms with Gasteiger partial charge in [0.2, 0.25) is 0 Å². The molecule has 0 atom stereocenters. The van der Waals surface area contributed by atoms with E-state index < -0.39 is 15.1 Å². The maximum Gasteiger partial charge on any atom is 0.184 e. The van der Waals surface area contributed by atoms with Crippen molar-refractivity contribution >= 4 is 9.84 Å². The van der Waals surface area contributed by atoms with Crippen LogP contribution in [0.25, 0.3) is 11.3 Å². The molecule has 108 valence electrons. The molecule has 1 aliphatic rings. The van der Waals surface area contributed by atoms with Gasteiger partial charge in [0, 0.05) is 11.8 Å². The highest BCUT2D eigenvalue weighted by Gasteiger charge is 2.33. The van der Waals surface area contributed by atoms with Gasteiger partial charge < -0.3 is 4.42 Å². The first-order valence-corrected chi connectivity index (χ1v) is 8.35. The third-order valence-electron chi connectivity index (χ3n) is 3.81. The van der Waals surface area contributed by atoms with Crippen LogP contribution in [0.15, 0.2) is 40.0 Å². The number of sulfone groups is 1. The van der Waals surface area contributed by atoms with Crippen molar-refractivity contribution in [3.05, 3.63) is 36.4 Å². The Bertz CT molecular complexity index is 783. The summed E-state index contributed by atoms with van der Waals surface area (Å²) in [5.74, 6) is 0.537. The third kappa shape index (κ3) is 2.45. The fourth-order valence-electron chi connectivity index (χ4n) is 2.70. The van der Waals surface area contributed by atoms with Gasteiger partial charge in [-0.2, -0.15) is 5.26 Å². The second-order valence-corrected chi connectivity index (χ2v) is 7.31. The zero-order valence-electron chi connectivity index (χ0n) is 11.3. The molecular formula is C15H14N2O3S. The molecule has 2 aromatic rings. The number of rotatable bonds is 3. The Morgan fingerprint density at radius 3 is 2.71 bits per heavy atom. The molecule has 0 amide bonds. The monoisotopic (exact) mass is 302 g/mol. The van der Waals surface area contributed by atoms with Crippen molar-refractivity contribution < 1.29 is 12.8 Å². The summed E-state index contributed by atoms with van der Waals surface area (Å²) in [5.41, 5.74) is 0.521. The van der Waals surface area contributed by atoms with E-state index in [2.05, 4.69) is 4.98 Å². The Balaban J connectivity index is 2.12. The number of nitrogens with zero attached hydrogens (tertiary/aromatic N) is 2. The van der Waals surface area contributed by atoms with Crippen molar-refractivity contribution in [3.8, 4) is 17.4 Å². The summed E-state index contributed by atoms with van der Waals surface area (Å²) in [6.07, 6.45) is 6.11. The van der Waals surface area contributed by atoms with Crippen LogP contribution < -0.4 is 0 Å². The second-order valence-electron chi connectivity index (χ2n) is 5.11. The molecule has 6 heteroatoms. The van der Waals surface area contributed by atoms with E-state index in [1.54, 1.807) is 12.1 Å². The molecular weight excluding hydrogens is 288 g/mol. The van der Waals surface area contributed by atoms with E-state index in [0.29, 0.717) is 24.2 Å². The predicted molar refractivity (Wildman–Crippen MR) is 76.1 cm³/mol. The molecule has 2 aromatic heterocycles. The summed E-state index contributed by atoms with van der Waals surface area (Å²) in [5, 5.41) is 8.74. The van der Waals surface area contributed by atoms with Gasteiger partial charge in [0.25, 0.3) is 0 Å². The number of hydrogen-bond acceptors (Lipinski definition) is 5. The quantitative estimate of drug-likeness (QED) is 0.870. The Hall–Kier alpha value is -2.13.